The number of rotatable bonds is 2. The maximum Gasteiger partial charge on any atom is 0.258 e. The largest absolute Gasteiger partial charge is 0.342 e. The van der Waals surface area contributed by atoms with Gasteiger partial charge in [-0.2, -0.15) is 4.98 Å². The van der Waals surface area contributed by atoms with Crippen LogP contribution in [0.3, 0.4) is 0 Å². The van der Waals surface area contributed by atoms with Gasteiger partial charge in [0.2, 0.25) is 11.9 Å². The van der Waals surface area contributed by atoms with Crippen LogP contribution in [0, 0.1) is 13.8 Å². The van der Waals surface area contributed by atoms with E-state index in [2.05, 4.69) is 26.3 Å². The lowest BCUT2D eigenvalue weighted by Gasteiger charge is -2.30. The molecule has 6 heteroatoms. The number of hydrogen-bond acceptors (Lipinski definition) is 4. The minimum atomic E-state index is -0.259. The van der Waals surface area contributed by atoms with Crippen LogP contribution in [0.25, 0.3) is 0 Å². The molecule has 2 aromatic rings. The standard InChI is InChI=1S/C20H24N4O2/c1-12-6-7-13(2)14(10-12)15-11-16(25)21-18-17(15)19(26)23-20(22-18)24-8-4-3-5-9-24/h6-7,10,15H,3-5,8-9,11H2,1-2H3,(H2,21,22,23,25,26). The number of fused-ring (bicyclic) bond motifs is 1. The average Bonchev–Trinajstić information content (AvgIpc) is 2.63. The van der Waals surface area contributed by atoms with E-state index < -0.39 is 0 Å². The Morgan fingerprint density at radius 2 is 1.88 bits per heavy atom. The van der Waals surface area contributed by atoms with Gasteiger partial charge >= 0.3 is 0 Å². The van der Waals surface area contributed by atoms with Gasteiger partial charge in [-0.05, 0) is 44.2 Å². The van der Waals surface area contributed by atoms with E-state index in [1.807, 2.05) is 26.0 Å². The molecule has 2 aliphatic heterocycles. The number of benzene rings is 1. The molecule has 1 fully saturated rings. The Bertz CT molecular complexity index is 913. The van der Waals surface area contributed by atoms with Crippen molar-refractivity contribution in [3.05, 3.63) is 50.8 Å². The van der Waals surface area contributed by atoms with Crippen LogP contribution in [0.1, 0.15) is 53.9 Å². The number of aromatic nitrogens is 2. The number of piperidine rings is 1. The van der Waals surface area contributed by atoms with Crippen LogP contribution in [-0.2, 0) is 4.79 Å². The highest BCUT2D eigenvalue weighted by Gasteiger charge is 2.32. The monoisotopic (exact) mass is 352 g/mol. The maximum absolute atomic E-state index is 12.9. The van der Waals surface area contributed by atoms with Gasteiger partial charge in [-0.3, -0.25) is 14.6 Å². The van der Waals surface area contributed by atoms with E-state index in [0.29, 0.717) is 17.3 Å². The molecular weight excluding hydrogens is 328 g/mol. The van der Waals surface area contributed by atoms with Crippen molar-refractivity contribution in [2.45, 2.75) is 45.4 Å². The number of anilines is 2. The summed E-state index contributed by atoms with van der Waals surface area (Å²) in [7, 11) is 0. The second kappa shape index (κ2) is 6.59. The molecular formula is C20H24N4O2. The molecule has 4 rings (SSSR count). The molecule has 6 nitrogen and oxygen atoms in total. The number of aryl methyl sites for hydroxylation is 2. The lowest BCUT2D eigenvalue weighted by atomic mass is 9.84. The van der Waals surface area contributed by atoms with Crippen molar-refractivity contribution < 1.29 is 4.79 Å². The van der Waals surface area contributed by atoms with Gasteiger partial charge in [0.05, 0.1) is 5.56 Å². The van der Waals surface area contributed by atoms with Crippen LogP contribution in [-0.4, -0.2) is 29.0 Å². The molecule has 2 aliphatic rings. The molecule has 0 radical (unpaired) electrons. The predicted molar refractivity (Wildman–Crippen MR) is 102 cm³/mol. The Balaban J connectivity index is 1.81. The molecule has 1 saturated heterocycles. The molecule has 1 amide bonds. The summed E-state index contributed by atoms with van der Waals surface area (Å²) in [6.07, 6.45) is 3.67. The zero-order valence-corrected chi connectivity index (χ0v) is 15.3. The Morgan fingerprint density at radius 3 is 2.65 bits per heavy atom. The number of hydrogen-bond donors (Lipinski definition) is 2. The lowest BCUT2D eigenvalue weighted by Crippen LogP contribution is -2.36. The second-order valence-corrected chi connectivity index (χ2v) is 7.36. The third kappa shape index (κ3) is 3.00. The Hall–Kier alpha value is -2.63. The molecule has 1 atom stereocenters. The van der Waals surface area contributed by atoms with E-state index in [1.165, 1.54) is 6.42 Å². The summed E-state index contributed by atoms with van der Waals surface area (Å²) >= 11 is 0. The second-order valence-electron chi connectivity index (χ2n) is 7.36. The summed E-state index contributed by atoms with van der Waals surface area (Å²) in [6, 6.07) is 6.16. The fourth-order valence-corrected chi connectivity index (χ4v) is 4.02. The van der Waals surface area contributed by atoms with Gasteiger partial charge < -0.3 is 10.2 Å². The topological polar surface area (TPSA) is 78.1 Å². The number of nitrogens with zero attached hydrogens (tertiary/aromatic N) is 2. The van der Waals surface area contributed by atoms with Crippen molar-refractivity contribution in [1.82, 2.24) is 9.97 Å². The first kappa shape index (κ1) is 16.8. The zero-order valence-electron chi connectivity index (χ0n) is 15.3. The average molecular weight is 352 g/mol. The summed E-state index contributed by atoms with van der Waals surface area (Å²) in [5, 5.41) is 2.82. The van der Waals surface area contributed by atoms with Crippen LogP contribution in [0.5, 0.6) is 0 Å². The first-order chi connectivity index (χ1) is 12.5. The summed E-state index contributed by atoms with van der Waals surface area (Å²) in [5.41, 5.74) is 3.65. The quantitative estimate of drug-likeness (QED) is 0.871. The van der Waals surface area contributed by atoms with E-state index >= 15 is 0 Å². The van der Waals surface area contributed by atoms with Crippen molar-refractivity contribution in [2.24, 2.45) is 0 Å². The molecule has 2 N–H and O–H groups in total. The van der Waals surface area contributed by atoms with Gasteiger partial charge in [0.25, 0.3) is 5.56 Å². The van der Waals surface area contributed by atoms with E-state index in [9.17, 15) is 9.59 Å². The van der Waals surface area contributed by atoms with Crippen LogP contribution in [0.15, 0.2) is 23.0 Å². The van der Waals surface area contributed by atoms with E-state index in [0.717, 1.165) is 42.6 Å². The number of nitrogens with one attached hydrogen (secondary N) is 2. The van der Waals surface area contributed by atoms with E-state index in [1.54, 1.807) is 0 Å². The number of amides is 1. The smallest absolute Gasteiger partial charge is 0.258 e. The van der Waals surface area contributed by atoms with Crippen LogP contribution in [0.2, 0.25) is 0 Å². The van der Waals surface area contributed by atoms with E-state index in [4.69, 9.17) is 0 Å². The highest BCUT2D eigenvalue weighted by Crippen LogP contribution is 2.36. The first-order valence-corrected chi connectivity index (χ1v) is 9.29. The molecule has 3 heterocycles. The number of H-pyrrole nitrogens is 1. The molecule has 0 saturated carbocycles. The maximum atomic E-state index is 12.9. The summed E-state index contributed by atoms with van der Waals surface area (Å²) in [5.74, 6) is 0.628. The summed E-state index contributed by atoms with van der Waals surface area (Å²) in [4.78, 5) is 34.9. The highest BCUT2D eigenvalue weighted by molar-refractivity contribution is 5.94. The summed E-state index contributed by atoms with van der Waals surface area (Å²) < 4.78 is 0. The Morgan fingerprint density at radius 1 is 1.12 bits per heavy atom. The van der Waals surface area contributed by atoms with Crippen molar-refractivity contribution >= 4 is 17.7 Å². The fourth-order valence-electron chi connectivity index (χ4n) is 4.02. The first-order valence-electron chi connectivity index (χ1n) is 9.29. The van der Waals surface area contributed by atoms with Gasteiger partial charge in [-0.15, -0.1) is 0 Å². The third-order valence-electron chi connectivity index (χ3n) is 5.40. The molecule has 0 bridgehead atoms. The number of aromatic amines is 1. The van der Waals surface area contributed by atoms with Crippen molar-refractivity contribution in [2.75, 3.05) is 23.3 Å². The van der Waals surface area contributed by atoms with Crippen molar-refractivity contribution in [1.29, 1.82) is 0 Å². The molecule has 1 unspecified atom stereocenters. The molecule has 0 aliphatic carbocycles. The van der Waals surface area contributed by atoms with Gasteiger partial charge in [-0.1, -0.05) is 23.8 Å². The SMILES string of the molecule is Cc1ccc(C)c(C2CC(=O)Nc3nc(N4CCCCC4)[nH]c(=O)c32)c1. The van der Waals surface area contributed by atoms with Gasteiger partial charge in [-0.25, -0.2) is 0 Å². The number of carbonyl (C=O) groups is 1. The molecule has 0 spiro atoms. The molecule has 1 aromatic carbocycles. The Kier molecular flexibility index (Phi) is 4.26. The fraction of sp³-hybridized carbons (Fsp3) is 0.450. The van der Waals surface area contributed by atoms with Crippen LogP contribution < -0.4 is 15.8 Å². The van der Waals surface area contributed by atoms with Gasteiger partial charge in [0.15, 0.2) is 0 Å². The minimum absolute atomic E-state index is 0.0916. The summed E-state index contributed by atoms with van der Waals surface area (Å²) in [6.45, 7) is 5.81. The van der Waals surface area contributed by atoms with Crippen LogP contribution in [0.4, 0.5) is 11.8 Å². The van der Waals surface area contributed by atoms with Crippen molar-refractivity contribution in [3.63, 3.8) is 0 Å². The zero-order chi connectivity index (χ0) is 18.3. The van der Waals surface area contributed by atoms with Gasteiger partial charge in [0.1, 0.15) is 5.82 Å². The number of carbonyl (C=O) groups excluding carboxylic acids is 1. The lowest BCUT2D eigenvalue weighted by molar-refractivity contribution is -0.116. The van der Waals surface area contributed by atoms with Crippen LogP contribution >= 0.6 is 0 Å². The van der Waals surface area contributed by atoms with E-state index in [-0.39, 0.29) is 23.8 Å². The highest BCUT2D eigenvalue weighted by atomic mass is 16.2. The van der Waals surface area contributed by atoms with Crippen molar-refractivity contribution in [3.8, 4) is 0 Å². The Labute approximate surface area is 152 Å². The van der Waals surface area contributed by atoms with Gasteiger partial charge in [0, 0.05) is 25.4 Å². The minimum Gasteiger partial charge on any atom is -0.342 e. The third-order valence-corrected chi connectivity index (χ3v) is 5.40. The molecule has 1 aromatic heterocycles. The predicted octanol–water partition coefficient (Wildman–Crippen LogP) is 2.85. The normalized spacial score (nSPS) is 19.8. The molecule has 136 valence electrons. The molecule has 26 heavy (non-hydrogen) atoms.